The van der Waals surface area contributed by atoms with Crippen molar-refractivity contribution in [2.24, 2.45) is 0 Å². The minimum Gasteiger partial charge on any atom is -0.462 e. The van der Waals surface area contributed by atoms with Crippen LogP contribution in [0.3, 0.4) is 0 Å². The van der Waals surface area contributed by atoms with Crippen molar-refractivity contribution < 1.29 is 80.2 Å². The van der Waals surface area contributed by atoms with Crippen LogP contribution < -0.4 is 0 Å². The first-order chi connectivity index (χ1) is 43.2. The van der Waals surface area contributed by atoms with Gasteiger partial charge >= 0.3 is 39.5 Å². The number of phosphoric acid groups is 2. The van der Waals surface area contributed by atoms with Gasteiger partial charge in [0.05, 0.1) is 26.4 Å². The third kappa shape index (κ3) is 64.6. The van der Waals surface area contributed by atoms with E-state index in [9.17, 15) is 43.2 Å². The molecule has 0 heterocycles. The Hall–Kier alpha value is -1.94. The second kappa shape index (κ2) is 64.8. The summed E-state index contributed by atoms with van der Waals surface area (Å²) in [7, 11) is -9.89. The summed E-state index contributed by atoms with van der Waals surface area (Å²) in [4.78, 5) is 72.4. The Morgan fingerprint density at radius 1 is 0.270 bits per heavy atom. The number of unbranched alkanes of at least 4 members (excludes halogenated alkanes) is 45. The number of hydrogen-bond acceptors (Lipinski definition) is 15. The van der Waals surface area contributed by atoms with Crippen LogP contribution in [0.4, 0.5) is 0 Å². The van der Waals surface area contributed by atoms with E-state index in [4.69, 9.17) is 37.0 Å². The molecule has 0 aromatic heterocycles. The number of esters is 4. The SMILES string of the molecule is CCCCCCCCCCCCCCCCCCC(=O)OC[C@H](COP(=O)(O)OC[C@@H](O)COP(=O)(O)OC[C@@H](COC(=O)CCCCCCCCCC)OC(=O)CCCCCCCCCCC)OC(=O)CCCCCCCCCCCCCCCCCC. The van der Waals surface area contributed by atoms with Gasteiger partial charge in [-0.25, -0.2) is 9.13 Å². The number of ether oxygens (including phenoxy) is 4. The molecular weight excluding hydrogens is 1170 g/mol. The molecule has 0 radical (unpaired) electrons. The lowest BCUT2D eigenvalue weighted by Crippen LogP contribution is -2.30. The van der Waals surface area contributed by atoms with E-state index in [-0.39, 0.29) is 25.7 Å². The van der Waals surface area contributed by atoms with Crippen LogP contribution in [0.1, 0.15) is 368 Å². The predicted molar refractivity (Wildman–Crippen MR) is 359 cm³/mol. The summed E-state index contributed by atoms with van der Waals surface area (Å²) >= 11 is 0. The van der Waals surface area contributed by atoms with Crippen LogP contribution in [0.2, 0.25) is 0 Å². The number of aliphatic hydroxyl groups is 1. The maximum Gasteiger partial charge on any atom is 0.472 e. The number of carbonyl (C=O) groups excluding carboxylic acids is 4. The van der Waals surface area contributed by atoms with Gasteiger partial charge in [0.25, 0.3) is 0 Å². The maximum absolute atomic E-state index is 13.0. The Balaban J connectivity index is 5.19. The molecule has 0 saturated carbocycles. The third-order valence-electron chi connectivity index (χ3n) is 16.4. The Morgan fingerprint density at radius 3 is 0.663 bits per heavy atom. The number of aliphatic hydroxyl groups excluding tert-OH is 1. The van der Waals surface area contributed by atoms with Gasteiger partial charge in [0, 0.05) is 25.7 Å². The Kier molecular flexibility index (Phi) is 63.3. The van der Waals surface area contributed by atoms with Gasteiger partial charge in [-0.3, -0.25) is 37.3 Å². The molecule has 89 heavy (non-hydrogen) atoms. The highest BCUT2D eigenvalue weighted by atomic mass is 31.2. The zero-order chi connectivity index (χ0) is 65.4. The molecule has 0 aliphatic carbocycles. The number of hydrogen-bond donors (Lipinski definition) is 3. The van der Waals surface area contributed by atoms with E-state index in [1.165, 1.54) is 193 Å². The fourth-order valence-corrected chi connectivity index (χ4v) is 12.3. The van der Waals surface area contributed by atoms with Crippen molar-refractivity contribution in [1.29, 1.82) is 0 Å². The molecule has 0 amide bonds. The summed E-state index contributed by atoms with van der Waals surface area (Å²) in [5, 5.41) is 10.6. The zero-order valence-electron chi connectivity index (χ0n) is 57.4. The molecule has 3 N–H and O–H groups in total. The van der Waals surface area contributed by atoms with E-state index < -0.39 is 97.5 Å². The summed E-state index contributed by atoms with van der Waals surface area (Å²) < 4.78 is 68.2. The molecule has 19 heteroatoms. The van der Waals surface area contributed by atoms with Crippen LogP contribution in [0, 0.1) is 0 Å². The molecule has 5 atom stereocenters. The molecule has 528 valence electrons. The summed E-state index contributed by atoms with van der Waals surface area (Å²) in [6.45, 7) is 4.91. The van der Waals surface area contributed by atoms with Crippen LogP contribution in [-0.4, -0.2) is 96.7 Å². The minimum absolute atomic E-state index is 0.106. The molecule has 2 unspecified atom stereocenters. The lowest BCUT2D eigenvalue weighted by Gasteiger charge is -2.21. The maximum atomic E-state index is 13.0. The van der Waals surface area contributed by atoms with E-state index in [0.29, 0.717) is 25.7 Å². The molecule has 0 fully saturated rings. The van der Waals surface area contributed by atoms with Crippen LogP contribution in [-0.2, 0) is 65.4 Å². The topological polar surface area (TPSA) is 237 Å². The van der Waals surface area contributed by atoms with Gasteiger partial charge in [-0.15, -0.1) is 0 Å². The van der Waals surface area contributed by atoms with Crippen LogP contribution in [0.5, 0.6) is 0 Å². The Morgan fingerprint density at radius 2 is 0.449 bits per heavy atom. The first kappa shape index (κ1) is 87.1. The summed E-state index contributed by atoms with van der Waals surface area (Å²) in [5.41, 5.74) is 0. The number of carbonyl (C=O) groups is 4. The predicted octanol–water partition coefficient (Wildman–Crippen LogP) is 20.3. The molecule has 0 aromatic carbocycles. The molecule has 0 spiro atoms. The molecule has 0 aliphatic heterocycles. The molecule has 0 bridgehead atoms. The quantitative estimate of drug-likeness (QED) is 0.0222. The van der Waals surface area contributed by atoms with Gasteiger partial charge < -0.3 is 33.8 Å². The van der Waals surface area contributed by atoms with Gasteiger partial charge in [0.2, 0.25) is 0 Å². The van der Waals surface area contributed by atoms with E-state index in [0.717, 1.165) is 96.3 Å². The van der Waals surface area contributed by atoms with Crippen molar-refractivity contribution in [3.05, 3.63) is 0 Å². The van der Waals surface area contributed by atoms with E-state index in [1.54, 1.807) is 0 Å². The van der Waals surface area contributed by atoms with Crippen molar-refractivity contribution in [3.63, 3.8) is 0 Å². The summed E-state index contributed by atoms with van der Waals surface area (Å²) in [6.07, 6.45) is 52.8. The average Bonchev–Trinajstić information content (AvgIpc) is 3.71. The standard InChI is InChI=1S/C70H136O17P2/c1-5-9-13-17-21-25-27-29-31-33-35-37-40-43-47-51-55-68(73)81-61-66(87-70(75)57-53-49-45-41-38-36-34-32-30-28-26-22-18-14-10-6-2)63-85-89(78,79)83-59-64(71)58-82-88(76,77)84-62-65(60-80-67(72)54-50-46-42-24-20-16-12-8-4)86-69(74)56-52-48-44-39-23-19-15-11-7-3/h64-66,71H,5-63H2,1-4H3,(H,76,77)(H,78,79)/t64-,65+,66+/m0/s1. The first-order valence-corrected chi connectivity index (χ1v) is 39.8. The van der Waals surface area contributed by atoms with Crippen LogP contribution in [0.25, 0.3) is 0 Å². The largest absolute Gasteiger partial charge is 0.472 e. The van der Waals surface area contributed by atoms with Crippen molar-refractivity contribution in [2.45, 2.75) is 386 Å². The van der Waals surface area contributed by atoms with Crippen molar-refractivity contribution in [3.8, 4) is 0 Å². The van der Waals surface area contributed by atoms with Crippen molar-refractivity contribution in [2.75, 3.05) is 39.6 Å². The molecule has 0 aromatic rings. The van der Waals surface area contributed by atoms with Gasteiger partial charge in [0.15, 0.2) is 12.2 Å². The normalized spacial score (nSPS) is 14.0. The molecule has 0 aliphatic rings. The highest BCUT2D eigenvalue weighted by molar-refractivity contribution is 7.47. The molecule has 0 rings (SSSR count). The number of rotatable bonds is 71. The molecule has 17 nitrogen and oxygen atoms in total. The van der Waals surface area contributed by atoms with Crippen molar-refractivity contribution >= 4 is 39.5 Å². The lowest BCUT2D eigenvalue weighted by molar-refractivity contribution is -0.161. The third-order valence-corrected chi connectivity index (χ3v) is 18.3. The van der Waals surface area contributed by atoms with Gasteiger partial charge in [-0.05, 0) is 25.7 Å². The van der Waals surface area contributed by atoms with Crippen molar-refractivity contribution in [1.82, 2.24) is 0 Å². The van der Waals surface area contributed by atoms with Gasteiger partial charge in [0.1, 0.15) is 19.3 Å². The van der Waals surface area contributed by atoms with Gasteiger partial charge in [-0.2, -0.15) is 0 Å². The number of phosphoric ester groups is 2. The molecular formula is C70H136O17P2. The monoisotopic (exact) mass is 1310 g/mol. The fourth-order valence-electron chi connectivity index (χ4n) is 10.7. The first-order valence-electron chi connectivity index (χ1n) is 36.8. The smallest absolute Gasteiger partial charge is 0.462 e. The van der Waals surface area contributed by atoms with E-state index >= 15 is 0 Å². The minimum atomic E-state index is -4.95. The van der Waals surface area contributed by atoms with E-state index in [1.807, 2.05) is 0 Å². The fraction of sp³-hybridized carbons (Fsp3) is 0.943. The zero-order valence-corrected chi connectivity index (χ0v) is 59.2. The lowest BCUT2D eigenvalue weighted by atomic mass is 10.0. The van der Waals surface area contributed by atoms with Crippen LogP contribution >= 0.6 is 15.6 Å². The second-order valence-corrected chi connectivity index (χ2v) is 28.2. The highest BCUT2D eigenvalue weighted by Gasteiger charge is 2.30. The highest BCUT2D eigenvalue weighted by Crippen LogP contribution is 2.45. The summed E-state index contributed by atoms with van der Waals surface area (Å²) in [5.74, 6) is -2.12. The summed E-state index contributed by atoms with van der Waals surface area (Å²) in [6, 6.07) is 0. The Labute approximate surface area is 543 Å². The average molecular weight is 1310 g/mol. The van der Waals surface area contributed by atoms with E-state index in [2.05, 4.69) is 27.7 Å². The van der Waals surface area contributed by atoms with Crippen LogP contribution in [0.15, 0.2) is 0 Å². The Bertz CT molecular complexity index is 1710. The molecule has 0 saturated heterocycles. The van der Waals surface area contributed by atoms with Gasteiger partial charge in [-0.1, -0.05) is 317 Å². The second-order valence-electron chi connectivity index (χ2n) is 25.3.